The van der Waals surface area contributed by atoms with E-state index in [-0.39, 0.29) is 23.5 Å². The number of halogens is 2. The summed E-state index contributed by atoms with van der Waals surface area (Å²) in [5, 5.41) is 3.01. The lowest BCUT2D eigenvalue weighted by Gasteiger charge is -2.25. The molecule has 1 saturated heterocycles. The minimum atomic E-state index is -0.409. The minimum absolute atomic E-state index is 0.0611. The largest absolute Gasteiger partial charge is 0.381 e. The van der Waals surface area contributed by atoms with E-state index < -0.39 is 6.04 Å². The highest BCUT2D eigenvalue weighted by atomic mass is 19.1. The van der Waals surface area contributed by atoms with E-state index in [0.29, 0.717) is 38.0 Å². The number of carbonyl (C=O) groups excluding carboxylic acids is 1. The number of hydrogen-bond acceptors (Lipinski definition) is 2. The summed E-state index contributed by atoms with van der Waals surface area (Å²) >= 11 is 0. The molecular weight excluding hydrogens is 324 g/mol. The number of rotatable bonds is 5. The van der Waals surface area contributed by atoms with Crippen molar-refractivity contribution in [1.29, 1.82) is 0 Å². The van der Waals surface area contributed by atoms with Crippen molar-refractivity contribution in [3.8, 4) is 0 Å². The molecule has 0 radical (unpaired) electrons. The first kappa shape index (κ1) is 17.5. The third-order valence-electron chi connectivity index (χ3n) is 4.49. The first-order valence-electron chi connectivity index (χ1n) is 8.50. The minimum Gasteiger partial charge on any atom is -0.381 e. The van der Waals surface area contributed by atoms with E-state index >= 15 is 0 Å². The number of ether oxygens (including phenoxy) is 1. The van der Waals surface area contributed by atoms with Crippen molar-refractivity contribution < 1.29 is 18.3 Å². The Kier molecular flexibility index (Phi) is 5.76. The summed E-state index contributed by atoms with van der Waals surface area (Å²) in [7, 11) is 0. The van der Waals surface area contributed by atoms with Crippen molar-refractivity contribution in [2.45, 2.75) is 25.3 Å². The first-order chi connectivity index (χ1) is 12.1. The number of carbonyl (C=O) groups is 1. The molecule has 3 nitrogen and oxygen atoms in total. The van der Waals surface area contributed by atoms with Crippen LogP contribution < -0.4 is 5.32 Å². The topological polar surface area (TPSA) is 38.3 Å². The van der Waals surface area contributed by atoms with Gasteiger partial charge in [0.05, 0.1) is 6.04 Å². The molecule has 0 saturated carbocycles. The van der Waals surface area contributed by atoms with Crippen molar-refractivity contribution in [1.82, 2.24) is 5.32 Å². The maximum Gasteiger partial charge on any atom is 0.223 e. The summed E-state index contributed by atoms with van der Waals surface area (Å²) in [6, 6.07) is 12.0. The van der Waals surface area contributed by atoms with Gasteiger partial charge < -0.3 is 10.1 Å². The average molecular weight is 345 g/mol. The number of nitrogens with one attached hydrogen (secondary N) is 1. The highest BCUT2D eigenvalue weighted by Crippen LogP contribution is 2.22. The van der Waals surface area contributed by atoms with Gasteiger partial charge in [-0.1, -0.05) is 24.3 Å². The number of benzene rings is 2. The second kappa shape index (κ2) is 8.21. The quantitative estimate of drug-likeness (QED) is 0.895. The van der Waals surface area contributed by atoms with Gasteiger partial charge in [-0.25, -0.2) is 8.78 Å². The molecule has 1 aliphatic heterocycles. The lowest BCUT2D eigenvalue weighted by Crippen LogP contribution is -2.37. The summed E-state index contributed by atoms with van der Waals surface area (Å²) in [5.41, 5.74) is 1.42. The number of amides is 1. The molecule has 1 N–H and O–H groups in total. The van der Waals surface area contributed by atoms with Gasteiger partial charge in [-0.2, -0.15) is 0 Å². The summed E-state index contributed by atoms with van der Waals surface area (Å²) < 4.78 is 32.4. The van der Waals surface area contributed by atoms with Crippen LogP contribution in [0.2, 0.25) is 0 Å². The fourth-order valence-corrected chi connectivity index (χ4v) is 3.12. The van der Waals surface area contributed by atoms with Crippen LogP contribution in [0.25, 0.3) is 0 Å². The van der Waals surface area contributed by atoms with Crippen molar-refractivity contribution in [3.05, 3.63) is 71.3 Å². The van der Waals surface area contributed by atoms with Gasteiger partial charge in [0.2, 0.25) is 5.91 Å². The molecule has 2 aromatic rings. The van der Waals surface area contributed by atoms with Gasteiger partial charge in [0.25, 0.3) is 0 Å². The predicted octanol–water partition coefficient (Wildman–Crippen LogP) is 3.79. The van der Waals surface area contributed by atoms with Gasteiger partial charge >= 0.3 is 0 Å². The highest BCUT2D eigenvalue weighted by molar-refractivity contribution is 5.79. The average Bonchev–Trinajstić information content (AvgIpc) is 2.62. The van der Waals surface area contributed by atoms with E-state index in [2.05, 4.69) is 5.32 Å². The second-order valence-corrected chi connectivity index (χ2v) is 6.34. The zero-order valence-electron chi connectivity index (χ0n) is 13.9. The number of hydrogen-bond donors (Lipinski definition) is 1. The van der Waals surface area contributed by atoms with E-state index in [4.69, 9.17) is 4.74 Å². The van der Waals surface area contributed by atoms with Gasteiger partial charge in [-0.15, -0.1) is 0 Å². The van der Waals surface area contributed by atoms with Crippen LogP contribution in [-0.2, 0) is 16.0 Å². The standard InChI is InChI=1S/C20H21F2NO2/c21-17-5-1-3-14(11-17)12-19(16-4-2-6-18(22)13-16)23-20(24)15-7-9-25-10-8-15/h1-6,11,13,15,19H,7-10,12H2,(H,23,24)/t19-/m1/s1. The molecule has 3 rings (SSSR count). The Labute approximate surface area is 146 Å². The van der Waals surface area contributed by atoms with Crippen molar-refractivity contribution in [2.24, 2.45) is 5.92 Å². The Hall–Kier alpha value is -2.27. The van der Waals surface area contributed by atoms with E-state index in [1.54, 1.807) is 24.3 Å². The van der Waals surface area contributed by atoms with E-state index in [1.807, 2.05) is 0 Å². The van der Waals surface area contributed by atoms with E-state index in [1.165, 1.54) is 24.3 Å². The van der Waals surface area contributed by atoms with Crippen molar-refractivity contribution >= 4 is 5.91 Å². The Bertz CT molecular complexity index is 729. The summed E-state index contributed by atoms with van der Waals surface area (Å²) in [4.78, 5) is 12.6. The lowest BCUT2D eigenvalue weighted by atomic mass is 9.95. The summed E-state index contributed by atoms with van der Waals surface area (Å²) in [6.45, 7) is 1.15. The van der Waals surface area contributed by atoms with Crippen LogP contribution in [0.15, 0.2) is 48.5 Å². The third kappa shape index (κ3) is 4.86. The molecule has 1 fully saturated rings. The smallest absolute Gasteiger partial charge is 0.223 e. The maximum atomic E-state index is 13.6. The Morgan fingerprint density at radius 3 is 2.44 bits per heavy atom. The Balaban J connectivity index is 1.79. The van der Waals surface area contributed by atoms with Crippen LogP contribution in [0, 0.1) is 17.6 Å². The van der Waals surface area contributed by atoms with Crippen LogP contribution in [0.5, 0.6) is 0 Å². The van der Waals surface area contributed by atoms with E-state index in [9.17, 15) is 13.6 Å². The molecule has 132 valence electrons. The van der Waals surface area contributed by atoms with Crippen LogP contribution in [0.4, 0.5) is 8.78 Å². The molecule has 1 atom stereocenters. The van der Waals surface area contributed by atoms with Gasteiger partial charge in [-0.05, 0) is 54.7 Å². The van der Waals surface area contributed by atoms with Gasteiger partial charge in [-0.3, -0.25) is 4.79 Å². The van der Waals surface area contributed by atoms with Crippen LogP contribution in [0.1, 0.15) is 30.0 Å². The molecule has 0 aromatic heterocycles. The fourth-order valence-electron chi connectivity index (χ4n) is 3.12. The zero-order valence-corrected chi connectivity index (χ0v) is 13.9. The highest BCUT2D eigenvalue weighted by Gasteiger charge is 2.24. The molecule has 1 heterocycles. The molecule has 0 bridgehead atoms. The summed E-state index contributed by atoms with van der Waals surface area (Å²) in [5.74, 6) is -0.848. The summed E-state index contributed by atoms with van der Waals surface area (Å²) in [6.07, 6.45) is 1.76. The van der Waals surface area contributed by atoms with Crippen LogP contribution in [-0.4, -0.2) is 19.1 Å². The lowest BCUT2D eigenvalue weighted by molar-refractivity contribution is -0.128. The predicted molar refractivity (Wildman–Crippen MR) is 90.9 cm³/mol. The molecule has 0 unspecified atom stereocenters. The molecular formula is C20H21F2NO2. The van der Waals surface area contributed by atoms with Gasteiger partial charge in [0.1, 0.15) is 11.6 Å². The first-order valence-corrected chi connectivity index (χ1v) is 8.50. The maximum absolute atomic E-state index is 13.6. The molecule has 1 amide bonds. The van der Waals surface area contributed by atoms with Crippen LogP contribution in [0.3, 0.4) is 0 Å². The second-order valence-electron chi connectivity index (χ2n) is 6.34. The van der Waals surface area contributed by atoms with Crippen molar-refractivity contribution in [3.63, 3.8) is 0 Å². The SMILES string of the molecule is O=C(N[C@H](Cc1cccc(F)c1)c1cccc(F)c1)C1CCOCC1. The monoisotopic (exact) mass is 345 g/mol. The molecule has 1 aliphatic rings. The van der Waals surface area contributed by atoms with Crippen molar-refractivity contribution in [2.75, 3.05) is 13.2 Å². The molecule has 25 heavy (non-hydrogen) atoms. The van der Waals surface area contributed by atoms with Crippen LogP contribution >= 0.6 is 0 Å². The third-order valence-corrected chi connectivity index (χ3v) is 4.49. The Morgan fingerprint density at radius 2 is 1.76 bits per heavy atom. The normalized spacial score (nSPS) is 16.4. The van der Waals surface area contributed by atoms with Gasteiger partial charge in [0, 0.05) is 19.1 Å². The van der Waals surface area contributed by atoms with E-state index in [0.717, 1.165) is 5.56 Å². The molecule has 5 heteroatoms. The molecule has 2 aromatic carbocycles. The molecule has 0 spiro atoms. The van der Waals surface area contributed by atoms with Gasteiger partial charge in [0.15, 0.2) is 0 Å². The Morgan fingerprint density at radius 1 is 1.08 bits per heavy atom. The zero-order chi connectivity index (χ0) is 17.6. The molecule has 0 aliphatic carbocycles. The fraction of sp³-hybridized carbons (Fsp3) is 0.350.